The van der Waals surface area contributed by atoms with Crippen LogP contribution in [0.2, 0.25) is 5.02 Å². The van der Waals surface area contributed by atoms with Crippen molar-refractivity contribution in [1.82, 2.24) is 9.62 Å². The van der Waals surface area contributed by atoms with Gasteiger partial charge in [0.05, 0.1) is 34.7 Å². The van der Waals surface area contributed by atoms with Crippen molar-refractivity contribution < 1.29 is 22.9 Å². The van der Waals surface area contributed by atoms with Crippen LogP contribution in [0.3, 0.4) is 0 Å². The summed E-state index contributed by atoms with van der Waals surface area (Å²) >= 11 is 6.46. The number of amides is 1. The highest BCUT2D eigenvalue weighted by Crippen LogP contribution is 2.47. The maximum Gasteiger partial charge on any atom is 0.262 e. The Morgan fingerprint density at radius 2 is 2.00 bits per heavy atom. The van der Waals surface area contributed by atoms with Gasteiger partial charge >= 0.3 is 0 Å². The predicted molar refractivity (Wildman–Crippen MR) is 193 cm³/mol. The Hall–Kier alpha value is -2.59. The second kappa shape index (κ2) is 13.6. The Labute approximate surface area is 290 Å². The summed E-state index contributed by atoms with van der Waals surface area (Å²) in [5.41, 5.74) is 3.69. The van der Waals surface area contributed by atoms with Crippen LogP contribution in [0.1, 0.15) is 67.4 Å². The lowest BCUT2D eigenvalue weighted by Crippen LogP contribution is -2.51. The average Bonchev–Trinajstić information content (AvgIpc) is 3.17. The highest BCUT2D eigenvalue weighted by molar-refractivity contribution is 7.99. The summed E-state index contributed by atoms with van der Waals surface area (Å²) in [6.45, 7) is 8.32. The summed E-state index contributed by atoms with van der Waals surface area (Å²) < 4.78 is 43.3. The second-order valence-corrected chi connectivity index (χ2v) is 17.8. The highest BCUT2D eigenvalue weighted by atomic mass is 35.5. The summed E-state index contributed by atoms with van der Waals surface area (Å²) in [6.07, 6.45) is 9.48. The largest absolute Gasteiger partial charge is 0.490 e. The molecule has 1 spiro atoms. The van der Waals surface area contributed by atoms with Gasteiger partial charge in [0.1, 0.15) is 11.9 Å². The summed E-state index contributed by atoms with van der Waals surface area (Å²) in [5.74, 6) is 5.12. The van der Waals surface area contributed by atoms with E-state index in [1.165, 1.54) is 11.1 Å². The number of carbonyl (C=O) groups is 1. The van der Waals surface area contributed by atoms with Crippen LogP contribution in [0, 0.1) is 17.8 Å². The number of benzene rings is 2. The van der Waals surface area contributed by atoms with Gasteiger partial charge in [-0.1, -0.05) is 36.7 Å². The Morgan fingerprint density at radius 1 is 1.17 bits per heavy atom. The average molecular weight is 698 g/mol. The number of alkyl halides is 1. The molecule has 1 N–H and O–H groups in total. The molecule has 3 aliphatic heterocycles. The molecule has 5 aliphatic rings. The van der Waals surface area contributed by atoms with E-state index in [0.29, 0.717) is 50.1 Å². The minimum atomic E-state index is -2.94. The third-order valence-corrected chi connectivity index (χ3v) is 14.2. The van der Waals surface area contributed by atoms with E-state index >= 15 is 0 Å². The lowest BCUT2D eigenvalue weighted by atomic mass is 9.68. The van der Waals surface area contributed by atoms with E-state index in [9.17, 15) is 13.4 Å². The Kier molecular flexibility index (Phi) is 9.61. The first-order chi connectivity index (χ1) is 23.0. The van der Waals surface area contributed by atoms with Crippen LogP contribution in [0.4, 0.5) is 10.1 Å². The number of nitrogens with zero attached hydrogens (tertiary/aromatic N) is 2. The molecular formula is C38H49ClFN3O4S. The van der Waals surface area contributed by atoms with Crippen LogP contribution < -0.4 is 14.4 Å². The van der Waals surface area contributed by atoms with Gasteiger partial charge in [-0.3, -0.25) is 14.4 Å². The molecule has 1 amide bonds. The third-order valence-electron chi connectivity index (χ3n) is 11.8. The van der Waals surface area contributed by atoms with E-state index < -0.39 is 15.9 Å². The summed E-state index contributed by atoms with van der Waals surface area (Å²) in [7, 11) is -2.94. The fourth-order valence-corrected chi connectivity index (χ4v) is 10.1. The molecule has 0 radical (unpaired) electrons. The van der Waals surface area contributed by atoms with Gasteiger partial charge in [-0.15, -0.1) is 0 Å². The molecular weight excluding hydrogens is 649 g/mol. The number of carbonyl (C=O) groups excluding carboxylic acids is 1. The van der Waals surface area contributed by atoms with Crippen molar-refractivity contribution in [2.24, 2.45) is 17.8 Å². The van der Waals surface area contributed by atoms with E-state index in [2.05, 4.69) is 51.6 Å². The zero-order valence-electron chi connectivity index (χ0n) is 28.2. The standard InChI is InChI=1S/C38H49ClFN3O4S/c1-25-6-4-8-35(46-17-16-42-21-31(40)22-42)32-12-9-29(32)20-43-23-38(15-5-7-27-18-30(39)11-13-33(27)38)24-47-36-14-10-28(19-34(36)43)37(44)41-48(3,45)26(25)2/h4,8,10-11,13-14,18-19,25-26,29,31-32,35H,3,5-7,9,12,15-17,20-24H2,1-2H3,(H,41,44,45)/b8-4+/t25-,26+,29-,32+,35-,38-,48?/m0/s1. The monoisotopic (exact) mass is 697 g/mol. The minimum Gasteiger partial charge on any atom is -0.490 e. The molecule has 2 aromatic carbocycles. The number of hydrogen-bond acceptors (Lipinski definition) is 6. The first-order valence-electron chi connectivity index (χ1n) is 17.6. The van der Waals surface area contributed by atoms with Crippen molar-refractivity contribution >= 4 is 38.8 Å². The van der Waals surface area contributed by atoms with Gasteiger partial charge in [0.15, 0.2) is 0 Å². The Bertz CT molecular complexity index is 1660. The maximum absolute atomic E-state index is 13.8. The van der Waals surface area contributed by atoms with Crippen LogP contribution in [-0.4, -0.2) is 84.3 Å². The highest BCUT2D eigenvalue weighted by Gasteiger charge is 2.44. The molecule has 260 valence electrons. The van der Waals surface area contributed by atoms with Crippen LogP contribution >= 0.6 is 11.6 Å². The molecule has 7 atom stereocenters. The number of fused-ring (bicyclic) bond motifs is 4. The van der Waals surface area contributed by atoms with Crippen LogP contribution in [0.5, 0.6) is 5.75 Å². The van der Waals surface area contributed by atoms with E-state index in [4.69, 9.17) is 21.1 Å². The van der Waals surface area contributed by atoms with Gasteiger partial charge < -0.3 is 14.4 Å². The van der Waals surface area contributed by atoms with Gasteiger partial charge in [0.25, 0.3) is 5.91 Å². The summed E-state index contributed by atoms with van der Waals surface area (Å²) in [6, 6.07) is 11.9. The fraction of sp³-hybridized carbons (Fsp3) is 0.579. The smallest absolute Gasteiger partial charge is 0.262 e. The van der Waals surface area contributed by atoms with Crippen molar-refractivity contribution in [3.05, 3.63) is 70.3 Å². The molecule has 3 heterocycles. The van der Waals surface area contributed by atoms with Crippen LogP contribution in [0.15, 0.2) is 48.6 Å². The van der Waals surface area contributed by atoms with Crippen LogP contribution in [0.25, 0.3) is 0 Å². The number of allylic oxidation sites excluding steroid dienone is 1. The number of ether oxygens (including phenoxy) is 2. The zero-order valence-corrected chi connectivity index (χ0v) is 29.7. The predicted octanol–water partition coefficient (Wildman–Crippen LogP) is 6.22. The molecule has 1 unspecified atom stereocenters. The molecule has 2 aromatic rings. The minimum absolute atomic E-state index is 0.0280. The first kappa shape index (κ1) is 33.9. The number of nitrogens with one attached hydrogen (secondary N) is 1. The fourth-order valence-electron chi connectivity index (χ4n) is 8.42. The van der Waals surface area contributed by atoms with Crippen molar-refractivity contribution in [2.75, 3.05) is 50.8 Å². The number of anilines is 1. The molecule has 1 saturated carbocycles. The number of rotatable bonds is 4. The number of aryl methyl sites for hydroxylation is 1. The van der Waals surface area contributed by atoms with E-state index in [-0.39, 0.29) is 28.6 Å². The first-order valence-corrected chi connectivity index (χ1v) is 19.8. The molecule has 0 aromatic heterocycles. The second-order valence-electron chi connectivity index (χ2n) is 15.0. The SMILES string of the molecule is C=S1(=O)NC(=O)c2ccc3c(c2)N(C[C@@H]2CC[C@H]2[C@@H](OCCN2CC(F)C2)/C=C/C[C@H](C)[C@H]1C)C[C@@]1(CCCc2cc(Cl)ccc21)CO3. The molecule has 2 fully saturated rings. The number of halogens is 2. The van der Waals surface area contributed by atoms with Crippen molar-refractivity contribution in [2.45, 2.75) is 75.3 Å². The molecule has 10 heteroatoms. The van der Waals surface area contributed by atoms with E-state index in [0.717, 1.165) is 68.2 Å². The topological polar surface area (TPSA) is 71.1 Å². The van der Waals surface area contributed by atoms with Crippen molar-refractivity contribution in [3.8, 4) is 5.75 Å². The third kappa shape index (κ3) is 6.77. The molecule has 2 aliphatic carbocycles. The van der Waals surface area contributed by atoms with Gasteiger partial charge in [-0.25, -0.2) is 8.60 Å². The Morgan fingerprint density at radius 3 is 2.77 bits per heavy atom. The maximum atomic E-state index is 13.8. The molecule has 2 bridgehead atoms. The molecule has 1 saturated heterocycles. The molecule has 7 nitrogen and oxygen atoms in total. The lowest BCUT2D eigenvalue weighted by molar-refractivity contribution is -0.0339. The van der Waals surface area contributed by atoms with Crippen molar-refractivity contribution in [3.63, 3.8) is 0 Å². The normalized spacial score (nSPS) is 34.9. The quantitative estimate of drug-likeness (QED) is 0.302. The van der Waals surface area contributed by atoms with E-state index in [1.54, 1.807) is 6.07 Å². The van der Waals surface area contributed by atoms with Crippen molar-refractivity contribution in [1.29, 1.82) is 0 Å². The van der Waals surface area contributed by atoms with Gasteiger partial charge in [0.2, 0.25) is 0 Å². The Balaban J connectivity index is 1.24. The number of hydrogen-bond donors (Lipinski definition) is 1. The van der Waals surface area contributed by atoms with Gasteiger partial charge in [0, 0.05) is 54.0 Å². The van der Waals surface area contributed by atoms with Gasteiger partial charge in [-0.05, 0) is 111 Å². The summed E-state index contributed by atoms with van der Waals surface area (Å²) in [5, 5.41) is 0.417. The lowest BCUT2D eigenvalue weighted by Gasteiger charge is -2.46. The van der Waals surface area contributed by atoms with Gasteiger partial charge in [-0.2, -0.15) is 0 Å². The molecule has 7 rings (SSSR count). The molecule has 48 heavy (non-hydrogen) atoms. The summed E-state index contributed by atoms with van der Waals surface area (Å²) in [4.78, 5) is 18.2. The van der Waals surface area contributed by atoms with Crippen LogP contribution in [-0.2, 0) is 26.3 Å². The zero-order chi connectivity index (χ0) is 33.6. The number of likely N-dealkylation sites (tertiary alicyclic amines) is 1. The van der Waals surface area contributed by atoms with E-state index in [1.807, 2.05) is 25.1 Å².